The first-order valence-corrected chi connectivity index (χ1v) is 10.2. The van der Waals surface area contributed by atoms with Crippen molar-refractivity contribution in [1.82, 2.24) is 4.98 Å². The van der Waals surface area contributed by atoms with Crippen molar-refractivity contribution in [3.8, 4) is 0 Å². The van der Waals surface area contributed by atoms with Gasteiger partial charge in [-0.05, 0) is 12.3 Å². The summed E-state index contributed by atoms with van der Waals surface area (Å²) < 4.78 is 0. The van der Waals surface area contributed by atoms with Crippen molar-refractivity contribution in [3.63, 3.8) is 0 Å². The first-order valence-electron chi connectivity index (χ1n) is 9.03. The summed E-state index contributed by atoms with van der Waals surface area (Å²) >= 11 is 7.71. The molecule has 1 N–H and O–H groups in total. The monoisotopic (exact) mass is 375 g/mol. The summed E-state index contributed by atoms with van der Waals surface area (Å²) in [5, 5.41) is 4.57. The van der Waals surface area contributed by atoms with Crippen molar-refractivity contribution in [3.05, 3.63) is 16.1 Å². The number of pyridine rings is 1. The van der Waals surface area contributed by atoms with Gasteiger partial charge in [0.25, 0.3) is 0 Å². The van der Waals surface area contributed by atoms with Crippen LogP contribution in [0.1, 0.15) is 54.6 Å². The number of hydrogen-bond donors (Lipinski definition) is 1. The third-order valence-electron chi connectivity index (χ3n) is 5.37. The molecule has 2 aliphatic rings. The average molecular weight is 376 g/mol. The number of ketones is 1. The Bertz CT molecular complexity index is 839. The smallest absolute Gasteiger partial charge is 0.175 e. The molecule has 1 aliphatic heterocycles. The largest absolute Gasteiger partial charge is 0.386 e. The molecule has 2 aromatic rings. The highest BCUT2D eigenvalue weighted by Crippen LogP contribution is 2.45. The third kappa shape index (κ3) is 3.20. The van der Waals surface area contributed by atoms with Gasteiger partial charge in [0, 0.05) is 31.8 Å². The van der Waals surface area contributed by atoms with Crippen molar-refractivity contribution < 1.29 is 4.79 Å². The Hall–Kier alpha value is -1.46. The maximum atomic E-state index is 12.9. The summed E-state index contributed by atoms with van der Waals surface area (Å²) in [6.45, 7) is 0. The number of hydrogen-bond acceptors (Lipinski definition) is 5. The molecule has 1 atom stereocenters. The second kappa shape index (κ2) is 7.04. The molecule has 0 bridgehead atoms. The number of halogens is 1. The lowest BCUT2D eigenvalue weighted by molar-refractivity contribution is 0.0972. The topological polar surface area (TPSA) is 54.4 Å². The molecule has 1 fully saturated rings. The van der Waals surface area contributed by atoms with E-state index >= 15 is 0 Å². The third-order valence-corrected chi connectivity index (χ3v) is 6.79. The summed E-state index contributed by atoms with van der Waals surface area (Å²) in [7, 11) is 1.83. The number of anilines is 1. The number of carbonyl (C=O) groups is 1. The van der Waals surface area contributed by atoms with Crippen LogP contribution in [0.3, 0.4) is 0 Å². The standard InChI is InChI=1S/C19H22ClN3OS/c1-21-16-13(20)10-23-19-15(16)17-18(25-19)14(24)8-12(9-22-17)7-11-5-3-2-4-6-11/h9-12H,2-8H2,1H3,(H,21,23). The predicted molar refractivity (Wildman–Crippen MR) is 106 cm³/mol. The van der Waals surface area contributed by atoms with E-state index in [9.17, 15) is 4.79 Å². The fraction of sp³-hybridized carbons (Fsp3) is 0.526. The Balaban J connectivity index is 1.69. The minimum Gasteiger partial charge on any atom is -0.386 e. The van der Waals surface area contributed by atoms with Gasteiger partial charge in [0.2, 0.25) is 0 Å². The molecule has 0 radical (unpaired) electrons. The van der Waals surface area contributed by atoms with E-state index in [0.717, 1.165) is 38.8 Å². The van der Waals surface area contributed by atoms with Crippen LogP contribution < -0.4 is 5.32 Å². The Morgan fingerprint density at radius 1 is 1.32 bits per heavy atom. The summed E-state index contributed by atoms with van der Waals surface area (Å²) in [6, 6.07) is 0. The average Bonchev–Trinajstić information content (AvgIpc) is 2.92. The fourth-order valence-corrected chi connectivity index (χ4v) is 5.43. The van der Waals surface area contributed by atoms with Crippen LogP contribution in [0.4, 0.5) is 11.4 Å². The van der Waals surface area contributed by atoms with Crippen LogP contribution in [0.25, 0.3) is 10.2 Å². The molecule has 1 aliphatic carbocycles. The molecule has 1 unspecified atom stereocenters. The lowest BCUT2D eigenvalue weighted by Crippen LogP contribution is -2.15. The normalized spacial score (nSPS) is 21.4. The number of nitrogens with one attached hydrogen (secondary N) is 1. The molecule has 3 heterocycles. The first-order chi connectivity index (χ1) is 12.2. The van der Waals surface area contributed by atoms with Crippen LogP contribution in [0, 0.1) is 11.8 Å². The Kier molecular flexibility index (Phi) is 4.78. The van der Waals surface area contributed by atoms with Gasteiger partial charge in [-0.2, -0.15) is 0 Å². The van der Waals surface area contributed by atoms with Crippen LogP contribution in [-0.4, -0.2) is 24.0 Å². The van der Waals surface area contributed by atoms with E-state index < -0.39 is 0 Å². The molecule has 25 heavy (non-hydrogen) atoms. The van der Waals surface area contributed by atoms with Crippen molar-refractivity contribution >= 4 is 56.5 Å². The highest BCUT2D eigenvalue weighted by atomic mass is 35.5. The van der Waals surface area contributed by atoms with E-state index in [1.807, 2.05) is 13.3 Å². The minimum atomic E-state index is 0.189. The molecule has 4 nitrogen and oxygen atoms in total. The predicted octanol–water partition coefficient (Wildman–Crippen LogP) is 5.87. The molecule has 6 heteroatoms. The van der Waals surface area contributed by atoms with E-state index in [2.05, 4.69) is 10.3 Å². The lowest BCUT2D eigenvalue weighted by atomic mass is 9.82. The van der Waals surface area contributed by atoms with Gasteiger partial charge >= 0.3 is 0 Å². The van der Waals surface area contributed by atoms with Crippen LogP contribution in [-0.2, 0) is 0 Å². The molecule has 1 saturated carbocycles. The van der Waals surface area contributed by atoms with Crippen LogP contribution in [0.5, 0.6) is 0 Å². The maximum Gasteiger partial charge on any atom is 0.175 e. The Labute approximate surface area is 156 Å². The molecule has 0 spiro atoms. The van der Waals surface area contributed by atoms with E-state index in [0.29, 0.717) is 11.4 Å². The Morgan fingerprint density at radius 2 is 2.12 bits per heavy atom. The molecule has 4 rings (SSSR count). The van der Waals surface area contributed by atoms with Crippen molar-refractivity contribution in [2.24, 2.45) is 16.8 Å². The van der Waals surface area contributed by atoms with Crippen molar-refractivity contribution in [2.75, 3.05) is 12.4 Å². The Morgan fingerprint density at radius 3 is 2.88 bits per heavy atom. The summed E-state index contributed by atoms with van der Waals surface area (Å²) in [6.07, 6.45) is 11.9. The van der Waals surface area contributed by atoms with Crippen molar-refractivity contribution in [2.45, 2.75) is 44.9 Å². The molecular formula is C19H22ClN3OS. The molecule has 0 amide bonds. The van der Waals surface area contributed by atoms with Crippen LogP contribution in [0.15, 0.2) is 11.2 Å². The van der Waals surface area contributed by atoms with Crippen LogP contribution in [0.2, 0.25) is 5.02 Å². The second-order valence-corrected chi connectivity index (χ2v) is 8.50. The number of rotatable bonds is 3. The fourth-order valence-electron chi connectivity index (χ4n) is 4.14. The first kappa shape index (κ1) is 17.0. The quantitative estimate of drug-likeness (QED) is 0.730. The highest BCUT2D eigenvalue weighted by molar-refractivity contribution is 7.21. The zero-order chi connectivity index (χ0) is 17.4. The van der Waals surface area contributed by atoms with Gasteiger partial charge in [-0.15, -0.1) is 11.3 Å². The summed E-state index contributed by atoms with van der Waals surface area (Å²) in [5.41, 5.74) is 1.55. The molecular weight excluding hydrogens is 354 g/mol. The van der Waals surface area contributed by atoms with Gasteiger partial charge in [0.05, 0.1) is 26.7 Å². The maximum absolute atomic E-state index is 12.9. The number of Topliss-reactive ketones (excluding diaryl/α,β-unsaturated/α-hetero) is 1. The van der Waals surface area contributed by atoms with Gasteiger partial charge in [-0.25, -0.2) is 4.98 Å². The molecule has 0 aromatic carbocycles. The van der Waals surface area contributed by atoms with Gasteiger partial charge in [0.1, 0.15) is 4.83 Å². The zero-order valence-electron chi connectivity index (χ0n) is 14.3. The highest BCUT2D eigenvalue weighted by Gasteiger charge is 2.28. The van der Waals surface area contributed by atoms with E-state index in [-0.39, 0.29) is 11.7 Å². The van der Waals surface area contributed by atoms with E-state index in [1.54, 1.807) is 6.20 Å². The number of carbonyl (C=O) groups excluding carboxylic acids is 1. The lowest BCUT2D eigenvalue weighted by Gasteiger charge is -2.24. The van der Waals surface area contributed by atoms with Crippen molar-refractivity contribution in [1.29, 1.82) is 0 Å². The summed E-state index contributed by atoms with van der Waals surface area (Å²) in [4.78, 5) is 23.5. The molecule has 132 valence electrons. The van der Waals surface area contributed by atoms with E-state index in [1.165, 1.54) is 43.4 Å². The van der Waals surface area contributed by atoms with Gasteiger partial charge in [0.15, 0.2) is 5.78 Å². The number of fused-ring (bicyclic) bond motifs is 3. The van der Waals surface area contributed by atoms with Gasteiger partial charge < -0.3 is 5.32 Å². The van der Waals surface area contributed by atoms with Crippen LogP contribution >= 0.6 is 22.9 Å². The van der Waals surface area contributed by atoms with E-state index in [4.69, 9.17) is 16.6 Å². The van der Waals surface area contributed by atoms with Gasteiger partial charge in [-0.1, -0.05) is 43.7 Å². The number of aromatic nitrogens is 1. The SMILES string of the molecule is CNc1c(Cl)cnc2sc3c(c12)N=CC(CC1CCCCC1)CC3=O. The number of nitrogens with zero attached hydrogens (tertiary/aromatic N) is 2. The number of thiophene rings is 1. The minimum absolute atomic E-state index is 0.189. The molecule has 2 aromatic heterocycles. The second-order valence-electron chi connectivity index (χ2n) is 7.10. The van der Waals surface area contributed by atoms with Gasteiger partial charge in [-0.3, -0.25) is 9.79 Å². The molecule has 0 saturated heterocycles. The zero-order valence-corrected chi connectivity index (χ0v) is 15.9. The number of aliphatic imine (C=N–C) groups is 1. The summed E-state index contributed by atoms with van der Waals surface area (Å²) in [5.74, 6) is 1.18.